The van der Waals surface area contributed by atoms with Gasteiger partial charge in [-0.1, -0.05) is 19.3 Å². The first-order valence-electron chi connectivity index (χ1n) is 11.0. The minimum atomic E-state index is -4.34. The number of fused-ring (bicyclic) bond motifs is 1. The van der Waals surface area contributed by atoms with Crippen LogP contribution in [-0.4, -0.2) is 18.9 Å². The Kier molecular flexibility index (Phi) is 7.53. The van der Waals surface area contributed by atoms with Gasteiger partial charge in [-0.2, -0.15) is 8.42 Å². The molecule has 0 atom stereocenters. The lowest BCUT2D eigenvalue weighted by Crippen LogP contribution is -2.19. The highest BCUT2D eigenvalue weighted by Crippen LogP contribution is 2.40. The second-order valence-electron chi connectivity index (χ2n) is 8.73. The predicted octanol–water partition coefficient (Wildman–Crippen LogP) is 6.60. The summed E-state index contributed by atoms with van der Waals surface area (Å²) in [6, 6.07) is 5.45. The van der Waals surface area contributed by atoms with Crippen molar-refractivity contribution in [2.75, 3.05) is 0 Å². The number of carbonyl (C=O) groups excluding carboxylic acids is 1. The van der Waals surface area contributed by atoms with E-state index in [4.69, 9.17) is 4.74 Å². The summed E-state index contributed by atoms with van der Waals surface area (Å²) < 4.78 is 41.7. The summed E-state index contributed by atoms with van der Waals surface area (Å²) in [7, 11) is -4.34. The van der Waals surface area contributed by atoms with Gasteiger partial charge in [0.05, 0.1) is 10.5 Å². The number of rotatable bonds is 4. The van der Waals surface area contributed by atoms with E-state index in [1.54, 1.807) is 6.92 Å². The number of hydrogen-bond acceptors (Lipinski definition) is 4. The van der Waals surface area contributed by atoms with E-state index in [2.05, 4.69) is 51.2 Å². The van der Waals surface area contributed by atoms with Crippen molar-refractivity contribution in [1.29, 1.82) is 0 Å². The first-order chi connectivity index (χ1) is 15.2. The molecule has 32 heavy (non-hydrogen) atoms. The molecule has 2 aliphatic rings. The number of halogens is 2. The third-order valence-corrected chi connectivity index (χ3v) is 8.98. The highest BCUT2D eigenvalue weighted by Gasteiger charge is 2.29. The van der Waals surface area contributed by atoms with Gasteiger partial charge in [-0.25, -0.2) is 4.79 Å². The molecule has 2 aromatic carbocycles. The average molecular weight is 680 g/mol. The second kappa shape index (κ2) is 9.87. The number of benzene rings is 2. The van der Waals surface area contributed by atoms with E-state index in [-0.39, 0.29) is 4.90 Å². The van der Waals surface area contributed by atoms with E-state index in [9.17, 15) is 17.8 Å². The number of hydrogen-bond donors (Lipinski definition) is 1. The van der Waals surface area contributed by atoms with Crippen molar-refractivity contribution < 1.29 is 22.5 Å². The Morgan fingerprint density at radius 3 is 2.31 bits per heavy atom. The molecule has 0 heterocycles. The minimum absolute atomic E-state index is 0.0591. The predicted molar refractivity (Wildman–Crippen MR) is 140 cm³/mol. The Morgan fingerprint density at radius 2 is 1.66 bits per heavy atom. The van der Waals surface area contributed by atoms with Crippen molar-refractivity contribution in [1.82, 2.24) is 0 Å². The zero-order chi connectivity index (χ0) is 23.0. The quantitative estimate of drug-likeness (QED) is 0.171. The smallest absolute Gasteiger partial charge is 0.343 e. The van der Waals surface area contributed by atoms with Crippen LogP contribution in [0.15, 0.2) is 23.1 Å². The number of aryl methyl sites for hydroxylation is 1. The summed E-state index contributed by atoms with van der Waals surface area (Å²) >= 11 is 4.56. The van der Waals surface area contributed by atoms with Gasteiger partial charge in [0, 0.05) is 7.14 Å². The van der Waals surface area contributed by atoms with Gasteiger partial charge in [-0.05, 0) is 137 Å². The van der Waals surface area contributed by atoms with Crippen LogP contribution < -0.4 is 4.74 Å². The Balaban J connectivity index is 1.77. The molecule has 0 amide bonds. The fourth-order valence-electron chi connectivity index (χ4n) is 5.09. The van der Waals surface area contributed by atoms with Crippen molar-refractivity contribution >= 4 is 61.3 Å². The highest BCUT2D eigenvalue weighted by atomic mass is 127. The molecule has 1 saturated carbocycles. The van der Waals surface area contributed by atoms with Crippen LogP contribution in [0, 0.1) is 14.1 Å². The minimum Gasteiger partial charge on any atom is -0.422 e. The maximum atomic E-state index is 13.5. The normalized spacial score (nSPS) is 17.1. The van der Waals surface area contributed by atoms with Gasteiger partial charge >= 0.3 is 5.97 Å². The molecule has 4 rings (SSSR count). The summed E-state index contributed by atoms with van der Waals surface area (Å²) in [5, 5.41) is 0. The monoisotopic (exact) mass is 680 g/mol. The lowest BCUT2D eigenvalue weighted by atomic mass is 9.82. The van der Waals surface area contributed by atoms with Crippen molar-refractivity contribution in [3.63, 3.8) is 0 Å². The summed E-state index contributed by atoms with van der Waals surface area (Å²) in [5.74, 6) is 0.408. The SMILES string of the molecule is Cc1cc(S(=O)(=O)O)c2c(c1OC(=O)c1cc(I)cc(I)c1C1CCCCC1)CCCC2. The Hall–Kier alpha value is -0.720. The summed E-state index contributed by atoms with van der Waals surface area (Å²) in [6.07, 6.45) is 8.64. The molecule has 2 aliphatic carbocycles. The molecule has 0 bridgehead atoms. The van der Waals surface area contributed by atoms with Crippen LogP contribution in [0.3, 0.4) is 0 Å². The largest absolute Gasteiger partial charge is 0.422 e. The topological polar surface area (TPSA) is 80.7 Å². The van der Waals surface area contributed by atoms with E-state index < -0.39 is 16.1 Å². The van der Waals surface area contributed by atoms with Crippen LogP contribution in [0.2, 0.25) is 0 Å². The van der Waals surface area contributed by atoms with Gasteiger partial charge in [-0.3, -0.25) is 4.55 Å². The lowest BCUT2D eigenvalue weighted by molar-refractivity contribution is 0.0729. The fourth-order valence-corrected chi connectivity index (χ4v) is 8.24. The third kappa shape index (κ3) is 5.02. The van der Waals surface area contributed by atoms with Crippen molar-refractivity contribution in [2.45, 2.75) is 75.5 Å². The first kappa shape index (κ1) is 24.4. The van der Waals surface area contributed by atoms with Crippen molar-refractivity contribution in [3.05, 3.63) is 53.2 Å². The maximum Gasteiger partial charge on any atom is 0.343 e. The molecule has 0 spiro atoms. The molecule has 5 nitrogen and oxygen atoms in total. The summed E-state index contributed by atoms with van der Waals surface area (Å²) in [6.45, 7) is 1.73. The van der Waals surface area contributed by atoms with Crippen molar-refractivity contribution in [2.24, 2.45) is 0 Å². The van der Waals surface area contributed by atoms with Crippen LogP contribution in [0.1, 0.15) is 83.5 Å². The molecule has 1 N–H and O–H groups in total. The van der Waals surface area contributed by atoms with Crippen LogP contribution in [-0.2, 0) is 23.0 Å². The Labute approximate surface area is 216 Å². The standard InChI is InChI=1S/C24H26I2O5S/c1-14-11-21(32(28,29)30)17-9-5-6-10-18(17)23(14)31-24(27)19-12-16(25)13-20(26)22(19)15-7-3-2-4-8-15/h11-13,15H,2-10H2,1H3,(H,28,29,30). The van der Waals surface area contributed by atoms with Gasteiger partial charge < -0.3 is 4.74 Å². The first-order valence-corrected chi connectivity index (χ1v) is 14.6. The number of carbonyl (C=O) groups is 1. The van der Waals surface area contributed by atoms with Crippen LogP contribution >= 0.6 is 45.2 Å². The molecule has 172 valence electrons. The van der Waals surface area contributed by atoms with Crippen LogP contribution in [0.25, 0.3) is 0 Å². The summed E-state index contributed by atoms with van der Waals surface area (Å²) in [5.41, 5.74) is 3.55. The second-order valence-corrected chi connectivity index (χ2v) is 12.5. The van der Waals surface area contributed by atoms with E-state index in [1.165, 1.54) is 25.3 Å². The Morgan fingerprint density at radius 1 is 1.00 bits per heavy atom. The van der Waals surface area contributed by atoms with Gasteiger partial charge in [0.25, 0.3) is 10.1 Å². The fraction of sp³-hybridized carbons (Fsp3) is 0.458. The van der Waals surface area contributed by atoms with Crippen LogP contribution in [0.5, 0.6) is 5.75 Å². The van der Waals surface area contributed by atoms with Gasteiger partial charge in [0.1, 0.15) is 5.75 Å². The molecule has 1 fully saturated rings. The van der Waals surface area contributed by atoms with Gasteiger partial charge in [-0.15, -0.1) is 0 Å². The molecule has 8 heteroatoms. The number of esters is 1. The molecule has 0 aromatic heterocycles. The maximum absolute atomic E-state index is 13.5. The zero-order valence-electron chi connectivity index (χ0n) is 17.9. The Bertz CT molecular complexity index is 1170. The average Bonchev–Trinajstić information content (AvgIpc) is 2.74. The van der Waals surface area contributed by atoms with Crippen LogP contribution in [0.4, 0.5) is 0 Å². The van der Waals surface area contributed by atoms with Gasteiger partial charge in [0.15, 0.2) is 0 Å². The zero-order valence-corrected chi connectivity index (χ0v) is 23.0. The van der Waals surface area contributed by atoms with E-state index in [0.717, 1.165) is 44.0 Å². The lowest BCUT2D eigenvalue weighted by Gasteiger charge is -2.26. The van der Waals surface area contributed by atoms with E-state index >= 15 is 0 Å². The molecular formula is C24H26I2O5S. The highest BCUT2D eigenvalue weighted by molar-refractivity contribution is 14.1. The van der Waals surface area contributed by atoms with E-state index in [1.807, 2.05) is 6.07 Å². The molecule has 0 unspecified atom stereocenters. The van der Waals surface area contributed by atoms with Crippen molar-refractivity contribution in [3.8, 4) is 5.75 Å². The molecule has 0 radical (unpaired) electrons. The molecule has 0 saturated heterocycles. The third-order valence-electron chi connectivity index (χ3n) is 6.55. The number of ether oxygens (including phenoxy) is 1. The molecule has 0 aliphatic heterocycles. The van der Waals surface area contributed by atoms with E-state index in [0.29, 0.717) is 41.2 Å². The molecule has 2 aromatic rings. The molecular weight excluding hydrogens is 654 g/mol. The summed E-state index contributed by atoms with van der Waals surface area (Å²) in [4.78, 5) is 13.4. The van der Waals surface area contributed by atoms with Gasteiger partial charge in [0.2, 0.25) is 0 Å².